The van der Waals surface area contributed by atoms with Crippen molar-refractivity contribution < 1.29 is 18.7 Å². The molecular formula is C24H24FN3O3. The van der Waals surface area contributed by atoms with Crippen LogP contribution in [-0.4, -0.2) is 18.9 Å². The summed E-state index contributed by atoms with van der Waals surface area (Å²) >= 11 is 0. The standard InChI is InChI=1S/C24H24FN3O3/c1-3-30-23-14-18(11-12-22(23)31-16-19-8-6-9-20(25)13-19)15-26-28-24(29)27-21-10-5-4-7-17(21)2/h4-15H,3,16H2,1-2H3,(H2,27,28,29). The third-order valence-corrected chi connectivity index (χ3v) is 4.32. The third-order valence-electron chi connectivity index (χ3n) is 4.32. The van der Waals surface area contributed by atoms with Gasteiger partial charge in [0.1, 0.15) is 12.4 Å². The van der Waals surface area contributed by atoms with Crippen molar-refractivity contribution in [3.05, 3.63) is 89.2 Å². The number of nitrogens with one attached hydrogen (secondary N) is 2. The number of hydrazone groups is 1. The molecule has 0 aliphatic carbocycles. The fourth-order valence-electron chi connectivity index (χ4n) is 2.81. The number of para-hydroxylation sites is 1. The Morgan fingerprint density at radius 2 is 1.87 bits per heavy atom. The fourth-order valence-corrected chi connectivity index (χ4v) is 2.81. The predicted octanol–water partition coefficient (Wildman–Crippen LogP) is 5.27. The number of anilines is 1. The minimum atomic E-state index is -0.439. The number of carbonyl (C=O) groups is 1. The Kier molecular flexibility index (Phi) is 7.59. The molecule has 0 radical (unpaired) electrons. The summed E-state index contributed by atoms with van der Waals surface area (Å²) in [6, 6.07) is 18.6. The van der Waals surface area contributed by atoms with Gasteiger partial charge in [-0.1, -0.05) is 30.3 Å². The van der Waals surface area contributed by atoms with Crippen molar-refractivity contribution in [2.24, 2.45) is 5.10 Å². The van der Waals surface area contributed by atoms with Crippen LogP contribution in [0, 0.1) is 12.7 Å². The smallest absolute Gasteiger partial charge is 0.339 e. The molecule has 0 bridgehead atoms. The van der Waals surface area contributed by atoms with Crippen LogP contribution in [0.25, 0.3) is 0 Å². The normalized spacial score (nSPS) is 10.7. The summed E-state index contributed by atoms with van der Waals surface area (Å²) in [5.74, 6) is 0.761. The molecule has 160 valence electrons. The molecule has 2 amide bonds. The molecule has 2 N–H and O–H groups in total. The molecule has 0 atom stereocenters. The number of ether oxygens (including phenoxy) is 2. The van der Waals surface area contributed by atoms with Crippen molar-refractivity contribution in [1.29, 1.82) is 0 Å². The molecule has 0 saturated heterocycles. The maximum absolute atomic E-state index is 13.3. The van der Waals surface area contributed by atoms with E-state index in [2.05, 4.69) is 15.8 Å². The zero-order valence-electron chi connectivity index (χ0n) is 17.4. The number of benzene rings is 3. The van der Waals surface area contributed by atoms with Gasteiger partial charge in [0, 0.05) is 5.69 Å². The lowest BCUT2D eigenvalue weighted by Crippen LogP contribution is -2.24. The van der Waals surface area contributed by atoms with E-state index in [1.165, 1.54) is 18.3 Å². The van der Waals surface area contributed by atoms with Crippen molar-refractivity contribution in [2.45, 2.75) is 20.5 Å². The lowest BCUT2D eigenvalue weighted by Gasteiger charge is -2.12. The van der Waals surface area contributed by atoms with E-state index >= 15 is 0 Å². The van der Waals surface area contributed by atoms with Gasteiger partial charge in [0.2, 0.25) is 0 Å². The molecule has 0 aliphatic rings. The zero-order chi connectivity index (χ0) is 22.1. The van der Waals surface area contributed by atoms with Gasteiger partial charge in [-0.05, 0) is 66.9 Å². The average Bonchev–Trinajstić information content (AvgIpc) is 2.75. The third kappa shape index (κ3) is 6.57. The Labute approximate surface area is 180 Å². The van der Waals surface area contributed by atoms with Crippen LogP contribution in [0.1, 0.15) is 23.6 Å². The largest absolute Gasteiger partial charge is 0.490 e. The van der Waals surface area contributed by atoms with Gasteiger partial charge in [-0.25, -0.2) is 14.6 Å². The predicted molar refractivity (Wildman–Crippen MR) is 119 cm³/mol. The minimum absolute atomic E-state index is 0.214. The second kappa shape index (κ2) is 10.8. The zero-order valence-corrected chi connectivity index (χ0v) is 17.4. The number of hydrogen-bond donors (Lipinski definition) is 2. The van der Waals surface area contributed by atoms with E-state index in [9.17, 15) is 9.18 Å². The SMILES string of the molecule is CCOc1cc(C=NNC(=O)Nc2ccccc2C)ccc1OCc1cccc(F)c1. The minimum Gasteiger partial charge on any atom is -0.490 e. The van der Waals surface area contributed by atoms with Crippen molar-refractivity contribution in [2.75, 3.05) is 11.9 Å². The number of halogens is 1. The first kappa shape index (κ1) is 21.8. The van der Waals surface area contributed by atoms with Crippen LogP contribution in [0.4, 0.5) is 14.9 Å². The maximum atomic E-state index is 13.3. The molecule has 0 heterocycles. The Balaban J connectivity index is 1.61. The maximum Gasteiger partial charge on any atom is 0.339 e. The Hall–Kier alpha value is -3.87. The molecule has 3 aromatic rings. The molecular weight excluding hydrogens is 397 g/mol. The van der Waals surface area contributed by atoms with Gasteiger partial charge in [0.15, 0.2) is 11.5 Å². The van der Waals surface area contributed by atoms with Gasteiger partial charge in [-0.2, -0.15) is 5.10 Å². The lowest BCUT2D eigenvalue weighted by atomic mass is 10.2. The molecule has 3 rings (SSSR count). The highest BCUT2D eigenvalue weighted by molar-refractivity contribution is 5.91. The van der Waals surface area contributed by atoms with Crippen LogP contribution in [-0.2, 0) is 6.61 Å². The molecule has 0 spiro atoms. The van der Waals surface area contributed by atoms with Crippen LogP contribution in [0.5, 0.6) is 11.5 Å². The van der Waals surface area contributed by atoms with E-state index in [0.717, 1.165) is 16.7 Å². The Morgan fingerprint density at radius 3 is 2.65 bits per heavy atom. The van der Waals surface area contributed by atoms with Crippen LogP contribution in [0.2, 0.25) is 0 Å². The van der Waals surface area contributed by atoms with E-state index in [0.29, 0.717) is 23.8 Å². The number of carbonyl (C=O) groups excluding carboxylic acids is 1. The highest BCUT2D eigenvalue weighted by Gasteiger charge is 2.07. The summed E-state index contributed by atoms with van der Waals surface area (Å²) in [4.78, 5) is 12.0. The number of hydrogen-bond acceptors (Lipinski definition) is 4. The molecule has 0 aliphatic heterocycles. The number of amides is 2. The summed E-state index contributed by atoms with van der Waals surface area (Å²) in [7, 11) is 0. The van der Waals surface area contributed by atoms with Gasteiger partial charge in [-0.3, -0.25) is 0 Å². The highest BCUT2D eigenvalue weighted by Crippen LogP contribution is 2.29. The van der Waals surface area contributed by atoms with E-state index in [1.54, 1.807) is 30.3 Å². The van der Waals surface area contributed by atoms with Gasteiger partial charge in [0.05, 0.1) is 12.8 Å². The first-order valence-corrected chi connectivity index (χ1v) is 9.85. The van der Waals surface area contributed by atoms with E-state index in [-0.39, 0.29) is 12.4 Å². The van der Waals surface area contributed by atoms with Crippen molar-refractivity contribution >= 4 is 17.9 Å². The quantitative estimate of drug-likeness (QED) is 0.385. The molecule has 31 heavy (non-hydrogen) atoms. The van der Waals surface area contributed by atoms with Crippen molar-refractivity contribution in [3.8, 4) is 11.5 Å². The van der Waals surface area contributed by atoms with Crippen LogP contribution >= 0.6 is 0 Å². The summed E-state index contributed by atoms with van der Waals surface area (Å²) in [6.45, 7) is 4.44. The van der Waals surface area contributed by atoms with Crippen LogP contribution in [0.15, 0.2) is 71.8 Å². The van der Waals surface area contributed by atoms with Crippen molar-refractivity contribution in [3.63, 3.8) is 0 Å². The van der Waals surface area contributed by atoms with Gasteiger partial charge in [0.25, 0.3) is 0 Å². The fraction of sp³-hybridized carbons (Fsp3) is 0.167. The molecule has 3 aromatic carbocycles. The first-order chi connectivity index (χ1) is 15.0. The lowest BCUT2D eigenvalue weighted by molar-refractivity contribution is 0.252. The molecule has 0 unspecified atom stereocenters. The summed E-state index contributed by atoms with van der Waals surface area (Å²) < 4.78 is 24.8. The summed E-state index contributed by atoms with van der Waals surface area (Å²) in [5.41, 5.74) is 5.55. The number of urea groups is 1. The number of nitrogens with zero attached hydrogens (tertiary/aromatic N) is 1. The molecule has 6 nitrogen and oxygen atoms in total. The Bertz CT molecular complexity index is 1070. The average molecular weight is 421 g/mol. The van der Waals surface area contributed by atoms with Gasteiger partial charge < -0.3 is 14.8 Å². The van der Waals surface area contributed by atoms with E-state index in [4.69, 9.17) is 9.47 Å². The van der Waals surface area contributed by atoms with Gasteiger partial charge in [-0.15, -0.1) is 0 Å². The second-order valence-corrected chi connectivity index (χ2v) is 6.70. The molecule has 0 saturated carbocycles. The van der Waals surface area contributed by atoms with E-state index < -0.39 is 6.03 Å². The second-order valence-electron chi connectivity index (χ2n) is 6.70. The number of rotatable bonds is 8. The Morgan fingerprint density at radius 1 is 1.03 bits per heavy atom. The van der Waals surface area contributed by atoms with Crippen LogP contribution < -0.4 is 20.2 Å². The van der Waals surface area contributed by atoms with Crippen molar-refractivity contribution in [1.82, 2.24) is 5.43 Å². The van der Waals surface area contributed by atoms with E-state index in [1.807, 2.05) is 38.1 Å². The number of aryl methyl sites for hydroxylation is 1. The summed E-state index contributed by atoms with van der Waals surface area (Å²) in [6.07, 6.45) is 1.51. The molecule has 0 aromatic heterocycles. The first-order valence-electron chi connectivity index (χ1n) is 9.85. The topological polar surface area (TPSA) is 72.0 Å². The summed E-state index contributed by atoms with van der Waals surface area (Å²) in [5, 5.41) is 6.71. The molecule has 0 fully saturated rings. The molecule has 7 heteroatoms. The van der Waals surface area contributed by atoms with Crippen LogP contribution in [0.3, 0.4) is 0 Å². The van der Waals surface area contributed by atoms with Gasteiger partial charge >= 0.3 is 6.03 Å². The monoisotopic (exact) mass is 421 g/mol. The highest BCUT2D eigenvalue weighted by atomic mass is 19.1.